The Labute approximate surface area is 129 Å². The summed E-state index contributed by atoms with van der Waals surface area (Å²) in [6, 6.07) is 9.15. The van der Waals surface area contributed by atoms with E-state index in [1.165, 1.54) is 0 Å². The van der Waals surface area contributed by atoms with Gasteiger partial charge in [0.05, 0.1) is 23.0 Å². The molecule has 2 rings (SSSR count). The fourth-order valence-electron chi connectivity index (χ4n) is 1.63. The number of nitrogens with zero attached hydrogens (tertiary/aromatic N) is 1. The van der Waals surface area contributed by atoms with E-state index in [0.29, 0.717) is 5.75 Å². The molecule has 1 heterocycles. The number of sulfonamides is 1. The van der Waals surface area contributed by atoms with Gasteiger partial charge in [0.1, 0.15) is 12.4 Å². The lowest BCUT2D eigenvalue weighted by atomic mass is 10.3. The highest BCUT2D eigenvalue weighted by molar-refractivity contribution is 7.89. The predicted molar refractivity (Wildman–Crippen MR) is 84.1 cm³/mol. The summed E-state index contributed by atoms with van der Waals surface area (Å²) in [5, 5.41) is 2.89. The van der Waals surface area contributed by atoms with Gasteiger partial charge in [-0.25, -0.2) is 18.1 Å². The highest BCUT2D eigenvalue weighted by Crippen LogP contribution is 2.10. The van der Waals surface area contributed by atoms with Crippen LogP contribution in [0.2, 0.25) is 0 Å². The molecule has 0 aliphatic heterocycles. The van der Waals surface area contributed by atoms with E-state index in [0.717, 1.165) is 17.1 Å². The third-order valence-electron chi connectivity index (χ3n) is 2.74. The topological polar surface area (TPSA) is 68.3 Å². The summed E-state index contributed by atoms with van der Waals surface area (Å²) in [6.45, 7) is 2.37. The maximum Gasteiger partial charge on any atom is 0.215 e. The van der Waals surface area contributed by atoms with E-state index in [-0.39, 0.29) is 18.9 Å². The highest BCUT2D eigenvalue weighted by atomic mass is 32.2. The van der Waals surface area contributed by atoms with Gasteiger partial charge in [-0.1, -0.05) is 25.1 Å². The lowest BCUT2D eigenvalue weighted by Gasteiger charge is -2.07. The number of rotatable bonds is 8. The van der Waals surface area contributed by atoms with Crippen LogP contribution in [0.15, 0.2) is 35.7 Å². The van der Waals surface area contributed by atoms with Crippen LogP contribution in [0.5, 0.6) is 5.75 Å². The first-order valence-electron chi connectivity index (χ1n) is 6.67. The van der Waals surface area contributed by atoms with Gasteiger partial charge in [0, 0.05) is 5.38 Å². The van der Waals surface area contributed by atoms with Crippen LogP contribution < -0.4 is 9.46 Å². The molecule has 114 valence electrons. The minimum absolute atomic E-state index is 0.0767. The average Bonchev–Trinajstić information content (AvgIpc) is 2.94. The molecule has 21 heavy (non-hydrogen) atoms. The average molecular weight is 326 g/mol. The third-order valence-corrected chi connectivity index (χ3v) is 5.07. The molecule has 0 atom stereocenters. The predicted octanol–water partition coefficient (Wildman–Crippen LogP) is 2.20. The number of thiazole rings is 1. The molecule has 0 saturated heterocycles. The van der Waals surface area contributed by atoms with Gasteiger partial charge in [0.25, 0.3) is 0 Å². The Morgan fingerprint density at radius 1 is 1.29 bits per heavy atom. The number of para-hydroxylation sites is 1. The van der Waals surface area contributed by atoms with Crippen LogP contribution in [0.4, 0.5) is 0 Å². The Morgan fingerprint density at radius 2 is 2.05 bits per heavy atom. The van der Waals surface area contributed by atoms with Crippen molar-refractivity contribution in [2.75, 3.05) is 12.4 Å². The van der Waals surface area contributed by atoms with Crippen LogP contribution in [-0.2, 0) is 23.0 Å². The van der Waals surface area contributed by atoms with Gasteiger partial charge in [-0.05, 0) is 18.6 Å². The van der Waals surface area contributed by atoms with Crippen LogP contribution in [0.3, 0.4) is 0 Å². The summed E-state index contributed by atoms with van der Waals surface area (Å²) in [4.78, 5) is 4.32. The summed E-state index contributed by atoms with van der Waals surface area (Å²) in [7, 11) is -3.36. The van der Waals surface area contributed by atoms with Crippen molar-refractivity contribution in [2.24, 2.45) is 0 Å². The lowest BCUT2D eigenvalue weighted by Crippen LogP contribution is -2.28. The van der Waals surface area contributed by atoms with Crippen molar-refractivity contribution in [2.45, 2.75) is 19.9 Å². The molecule has 0 aliphatic rings. The first-order chi connectivity index (χ1) is 10.1. The number of aryl methyl sites for hydroxylation is 1. The SMILES string of the molecule is CCc1nc(CNS(=O)(=O)CCOc2ccccc2)cs1. The van der Waals surface area contributed by atoms with Crippen molar-refractivity contribution in [3.05, 3.63) is 46.4 Å². The van der Waals surface area contributed by atoms with Gasteiger partial charge in [-0.2, -0.15) is 0 Å². The van der Waals surface area contributed by atoms with Crippen molar-refractivity contribution in [3.63, 3.8) is 0 Å². The summed E-state index contributed by atoms with van der Waals surface area (Å²) in [5.74, 6) is 0.590. The molecule has 0 fully saturated rings. The Bertz CT molecular complexity index is 654. The van der Waals surface area contributed by atoms with Crippen LogP contribution in [0.1, 0.15) is 17.6 Å². The largest absolute Gasteiger partial charge is 0.492 e. The van der Waals surface area contributed by atoms with Gasteiger partial charge in [0.15, 0.2) is 0 Å². The van der Waals surface area contributed by atoms with Crippen molar-refractivity contribution in [3.8, 4) is 5.75 Å². The van der Waals surface area contributed by atoms with Crippen molar-refractivity contribution >= 4 is 21.4 Å². The van der Waals surface area contributed by atoms with Gasteiger partial charge >= 0.3 is 0 Å². The lowest BCUT2D eigenvalue weighted by molar-refractivity contribution is 0.340. The van der Waals surface area contributed by atoms with Crippen LogP contribution in [0.25, 0.3) is 0 Å². The van der Waals surface area contributed by atoms with Gasteiger partial charge in [-0.3, -0.25) is 0 Å². The van der Waals surface area contributed by atoms with Gasteiger partial charge in [0.2, 0.25) is 10.0 Å². The number of hydrogen-bond acceptors (Lipinski definition) is 5. The molecule has 0 radical (unpaired) electrons. The van der Waals surface area contributed by atoms with Crippen LogP contribution in [0, 0.1) is 0 Å². The molecule has 7 heteroatoms. The zero-order valence-electron chi connectivity index (χ0n) is 11.8. The maximum absolute atomic E-state index is 11.9. The van der Waals surface area contributed by atoms with Crippen LogP contribution in [-0.4, -0.2) is 25.8 Å². The molecule has 0 saturated carbocycles. The van der Waals surface area contributed by atoms with E-state index in [2.05, 4.69) is 9.71 Å². The van der Waals surface area contributed by atoms with Crippen LogP contribution >= 0.6 is 11.3 Å². The van der Waals surface area contributed by atoms with Gasteiger partial charge in [-0.15, -0.1) is 11.3 Å². The van der Waals surface area contributed by atoms with E-state index in [9.17, 15) is 8.42 Å². The molecule has 0 unspecified atom stereocenters. The van der Waals surface area contributed by atoms with E-state index in [4.69, 9.17) is 4.74 Å². The number of aromatic nitrogens is 1. The third kappa shape index (κ3) is 5.45. The Hall–Kier alpha value is -1.44. The van der Waals surface area contributed by atoms with E-state index < -0.39 is 10.0 Å². The second-order valence-corrected chi connectivity index (χ2v) is 7.26. The molecule has 0 spiro atoms. The minimum Gasteiger partial charge on any atom is -0.492 e. The summed E-state index contributed by atoms with van der Waals surface area (Å²) < 4.78 is 31.6. The number of hydrogen-bond donors (Lipinski definition) is 1. The first kappa shape index (κ1) is 15.9. The number of ether oxygens (including phenoxy) is 1. The van der Waals surface area contributed by atoms with Gasteiger partial charge < -0.3 is 4.74 Å². The molecule has 1 N–H and O–H groups in total. The summed E-state index contributed by atoms with van der Waals surface area (Å²) in [5.41, 5.74) is 0.754. The smallest absolute Gasteiger partial charge is 0.215 e. The first-order valence-corrected chi connectivity index (χ1v) is 9.21. The van der Waals surface area contributed by atoms with Crippen molar-refractivity contribution < 1.29 is 13.2 Å². The Balaban J connectivity index is 1.76. The molecule has 0 bridgehead atoms. The van der Waals surface area contributed by atoms with Crippen molar-refractivity contribution in [1.29, 1.82) is 0 Å². The molecular weight excluding hydrogens is 308 g/mol. The molecule has 0 amide bonds. The fraction of sp³-hybridized carbons (Fsp3) is 0.357. The quantitative estimate of drug-likeness (QED) is 0.807. The highest BCUT2D eigenvalue weighted by Gasteiger charge is 2.11. The van der Waals surface area contributed by atoms with Crippen molar-refractivity contribution in [1.82, 2.24) is 9.71 Å². The second-order valence-electron chi connectivity index (χ2n) is 4.39. The van der Waals surface area contributed by atoms with E-state index >= 15 is 0 Å². The summed E-state index contributed by atoms with van der Waals surface area (Å²) >= 11 is 1.54. The zero-order chi connectivity index (χ0) is 15.1. The molecule has 2 aromatic rings. The second kappa shape index (κ2) is 7.53. The molecule has 1 aromatic heterocycles. The normalized spacial score (nSPS) is 11.5. The molecule has 5 nitrogen and oxygen atoms in total. The minimum atomic E-state index is -3.36. The zero-order valence-corrected chi connectivity index (χ0v) is 13.4. The Kier molecular flexibility index (Phi) is 5.72. The standard InChI is InChI=1S/C14H18N2O3S2/c1-2-14-16-12(11-20-14)10-15-21(17,18)9-8-19-13-6-4-3-5-7-13/h3-7,11,15H,2,8-10H2,1H3. The van der Waals surface area contributed by atoms with E-state index in [1.807, 2.05) is 30.5 Å². The number of benzene rings is 1. The van der Waals surface area contributed by atoms with E-state index in [1.54, 1.807) is 23.5 Å². The molecule has 1 aromatic carbocycles. The Morgan fingerprint density at radius 3 is 2.71 bits per heavy atom. The molecule has 0 aliphatic carbocycles. The molecular formula is C14H18N2O3S2. The number of nitrogens with one attached hydrogen (secondary N) is 1. The fourth-order valence-corrected chi connectivity index (χ4v) is 3.19. The monoisotopic (exact) mass is 326 g/mol. The maximum atomic E-state index is 11.9. The summed E-state index contributed by atoms with van der Waals surface area (Å²) in [6.07, 6.45) is 0.863.